The number of aryl methyl sites for hydroxylation is 1. The molecule has 4 heterocycles. The average Bonchev–Trinajstić information content (AvgIpc) is 3.29. The molecule has 0 amide bonds. The van der Waals surface area contributed by atoms with Crippen LogP contribution in [0.1, 0.15) is 36.1 Å². The fraction of sp³-hybridized carbons (Fsp3) is 0.438. The van der Waals surface area contributed by atoms with Gasteiger partial charge in [-0.1, -0.05) is 11.3 Å². The van der Waals surface area contributed by atoms with Gasteiger partial charge in [-0.3, -0.25) is 4.90 Å². The molecule has 1 saturated heterocycles. The second kappa shape index (κ2) is 7.24. The highest BCUT2D eigenvalue weighted by molar-refractivity contribution is 7.13. The van der Waals surface area contributed by atoms with Crippen molar-refractivity contribution >= 4 is 22.3 Å². The molecule has 1 aliphatic rings. The summed E-state index contributed by atoms with van der Waals surface area (Å²) in [6.45, 7) is 4.87. The van der Waals surface area contributed by atoms with Crippen LogP contribution < -0.4 is 5.32 Å². The molecule has 1 atom stereocenters. The van der Waals surface area contributed by atoms with E-state index in [-0.39, 0.29) is 0 Å². The second-order valence-electron chi connectivity index (χ2n) is 6.23. The van der Waals surface area contributed by atoms with E-state index in [1.807, 2.05) is 19.2 Å². The Labute approximate surface area is 149 Å². The van der Waals surface area contributed by atoms with Gasteiger partial charge in [0.05, 0.1) is 6.54 Å². The van der Waals surface area contributed by atoms with Crippen molar-refractivity contribution in [2.24, 2.45) is 0 Å². The highest BCUT2D eigenvalue weighted by Gasteiger charge is 2.24. The van der Waals surface area contributed by atoms with Crippen LogP contribution in [0, 0.1) is 6.92 Å². The van der Waals surface area contributed by atoms with Gasteiger partial charge in [0, 0.05) is 36.6 Å². The van der Waals surface area contributed by atoms with E-state index in [1.165, 1.54) is 11.3 Å². The maximum absolute atomic E-state index is 4.73. The summed E-state index contributed by atoms with van der Waals surface area (Å²) in [5.74, 6) is 3.02. The van der Waals surface area contributed by atoms with Crippen LogP contribution >= 0.6 is 11.3 Å². The van der Waals surface area contributed by atoms with E-state index >= 15 is 0 Å². The zero-order chi connectivity index (χ0) is 17.1. The Hall–Kier alpha value is -2.39. The third kappa shape index (κ3) is 3.99. The highest BCUT2D eigenvalue weighted by atomic mass is 32.1. The Morgan fingerprint density at radius 1 is 1.40 bits per heavy atom. The van der Waals surface area contributed by atoms with Gasteiger partial charge in [0.1, 0.15) is 23.0 Å². The number of nitrogens with zero attached hydrogens (tertiary/aromatic N) is 6. The Kier molecular flexibility index (Phi) is 4.66. The minimum Gasteiger partial charge on any atom is -0.348 e. The summed E-state index contributed by atoms with van der Waals surface area (Å²) in [4.78, 5) is 19.3. The van der Waals surface area contributed by atoms with Gasteiger partial charge < -0.3 is 10.3 Å². The SMILES string of the molecule is Cc1cc(Nc2nncs2)nc([C@@H]2CCCN(Cc3ncc[nH]3)C2)n1. The van der Waals surface area contributed by atoms with Gasteiger partial charge in [-0.25, -0.2) is 15.0 Å². The molecule has 1 fully saturated rings. The first kappa shape index (κ1) is 16.1. The molecule has 0 spiro atoms. The van der Waals surface area contributed by atoms with E-state index in [9.17, 15) is 0 Å². The van der Waals surface area contributed by atoms with Gasteiger partial charge in [0.25, 0.3) is 0 Å². The van der Waals surface area contributed by atoms with Crippen LogP contribution in [-0.2, 0) is 6.54 Å². The summed E-state index contributed by atoms with van der Waals surface area (Å²) in [5.41, 5.74) is 2.66. The molecule has 0 aromatic carbocycles. The summed E-state index contributed by atoms with van der Waals surface area (Å²) in [6.07, 6.45) is 5.91. The molecular weight excluding hydrogens is 336 g/mol. The molecule has 9 heteroatoms. The lowest BCUT2D eigenvalue weighted by molar-refractivity contribution is 0.192. The Morgan fingerprint density at radius 2 is 2.36 bits per heavy atom. The van der Waals surface area contributed by atoms with Crippen molar-refractivity contribution in [3.05, 3.63) is 41.3 Å². The van der Waals surface area contributed by atoms with Crippen LogP contribution in [0.2, 0.25) is 0 Å². The van der Waals surface area contributed by atoms with Crippen LogP contribution in [0.4, 0.5) is 10.9 Å². The molecule has 130 valence electrons. The van der Waals surface area contributed by atoms with Crippen molar-refractivity contribution in [3.8, 4) is 0 Å². The third-order valence-corrected chi connectivity index (χ3v) is 4.87. The van der Waals surface area contributed by atoms with Crippen molar-refractivity contribution in [2.75, 3.05) is 18.4 Å². The fourth-order valence-electron chi connectivity index (χ4n) is 3.18. The van der Waals surface area contributed by atoms with Gasteiger partial charge in [-0.05, 0) is 26.3 Å². The zero-order valence-electron chi connectivity index (χ0n) is 14.0. The first-order chi connectivity index (χ1) is 12.3. The lowest BCUT2D eigenvalue weighted by atomic mass is 9.97. The largest absolute Gasteiger partial charge is 0.348 e. The molecule has 0 bridgehead atoms. The fourth-order valence-corrected chi connectivity index (χ4v) is 3.63. The van der Waals surface area contributed by atoms with Gasteiger partial charge >= 0.3 is 0 Å². The van der Waals surface area contributed by atoms with E-state index in [0.717, 1.165) is 60.8 Å². The molecule has 3 aromatic rings. The predicted molar refractivity (Wildman–Crippen MR) is 95.8 cm³/mol. The van der Waals surface area contributed by atoms with Crippen molar-refractivity contribution in [2.45, 2.75) is 32.2 Å². The number of piperidine rings is 1. The smallest absolute Gasteiger partial charge is 0.210 e. The minimum absolute atomic E-state index is 0.332. The monoisotopic (exact) mass is 356 g/mol. The number of hydrogen-bond acceptors (Lipinski definition) is 8. The molecule has 0 radical (unpaired) electrons. The van der Waals surface area contributed by atoms with Gasteiger partial charge in [0.2, 0.25) is 5.13 Å². The van der Waals surface area contributed by atoms with Crippen LogP contribution in [0.3, 0.4) is 0 Å². The molecule has 0 saturated carbocycles. The third-order valence-electron chi connectivity index (χ3n) is 4.27. The molecule has 0 aliphatic carbocycles. The number of aromatic nitrogens is 6. The van der Waals surface area contributed by atoms with Crippen LogP contribution in [0.15, 0.2) is 24.0 Å². The van der Waals surface area contributed by atoms with E-state index in [1.54, 1.807) is 11.7 Å². The number of rotatable bonds is 5. The minimum atomic E-state index is 0.332. The number of nitrogens with one attached hydrogen (secondary N) is 2. The summed E-state index contributed by atoms with van der Waals surface area (Å²) in [6, 6.07) is 1.94. The van der Waals surface area contributed by atoms with Gasteiger partial charge in [-0.2, -0.15) is 0 Å². The molecule has 1 aliphatic heterocycles. The molecule has 0 unspecified atom stereocenters. The summed E-state index contributed by atoms with van der Waals surface area (Å²) in [5, 5.41) is 11.8. The van der Waals surface area contributed by atoms with Crippen molar-refractivity contribution in [1.29, 1.82) is 0 Å². The molecule has 8 nitrogen and oxygen atoms in total. The number of hydrogen-bond donors (Lipinski definition) is 2. The lowest BCUT2D eigenvalue weighted by Gasteiger charge is -2.31. The Bertz CT molecular complexity index is 802. The van der Waals surface area contributed by atoms with Crippen LogP contribution in [-0.4, -0.2) is 48.1 Å². The predicted octanol–water partition coefficient (Wildman–Crippen LogP) is 2.48. The van der Waals surface area contributed by atoms with E-state index < -0.39 is 0 Å². The van der Waals surface area contributed by atoms with Gasteiger partial charge in [-0.15, -0.1) is 10.2 Å². The standard InChI is InChI=1S/C16H20N8S/c1-11-7-13(22-16-23-19-10-25-16)21-15(20-11)12-3-2-6-24(8-12)9-14-17-4-5-18-14/h4-5,7,10,12H,2-3,6,8-9H2,1H3,(H,17,18)(H,20,21,22,23)/t12-/m1/s1. The lowest BCUT2D eigenvalue weighted by Crippen LogP contribution is -2.35. The molecular formula is C16H20N8S. The number of H-pyrrole nitrogens is 1. The molecule has 3 aromatic heterocycles. The Morgan fingerprint density at radius 3 is 3.16 bits per heavy atom. The van der Waals surface area contributed by atoms with Crippen molar-refractivity contribution in [3.63, 3.8) is 0 Å². The first-order valence-corrected chi connectivity index (χ1v) is 9.23. The zero-order valence-corrected chi connectivity index (χ0v) is 14.8. The normalized spacial score (nSPS) is 18.4. The number of aromatic amines is 1. The molecule has 25 heavy (non-hydrogen) atoms. The second-order valence-corrected chi connectivity index (χ2v) is 7.07. The quantitative estimate of drug-likeness (QED) is 0.725. The highest BCUT2D eigenvalue weighted by Crippen LogP contribution is 2.27. The number of anilines is 2. The van der Waals surface area contributed by atoms with E-state index in [2.05, 4.69) is 35.4 Å². The van der Waals surface area contributed by atoms with Crippen molar-refractivity contribution in [1.82, 2.24) is 35.0 Å². The van der Waals surface area contributed by atoms with Crippen LogP contribution in [0.5, 0.6) is 0 Å². The van der Waals surface area contributed by atoms with Crippen LogP contribution in [0.25, 0.3) is 0 Å². The molecule has 4 rings (SSSR count). The van der Waals surface area contributed by atoms with Gasteiger partial charge in [0.15, 0.2) is 0 Å². The average molecular weight is 356 g/mol. The Balaban J connectivity index is 1.49. The maximum atomic E-state index is 4.73. The maximum Gasteiger partial charge on any atom is 0.210 e. The topological polar surface area (TPSA) is 95.5 Å². The summed E-state index contributed by atoms with van der Waals surface area (Å²) < 4.78 is 0. The molecule has 2 N–H and O–H groups in total. The first-order valence-electron chi connectivity index (χ1n) is 8.35. The van der Waals surface area contributed by atoms with E-state index in [0.29, 0.717) is 5.92 Å². The summed E-state index contributed by atoms with van der Waals surface area (Å²) in [7, 11) is 0. The van der Waals surface area contributed by atoms with Crippen molar-refractivity contribution < 1.29 is 0 Å². The van der Waals surface area contributed by atoms with E-state index in [4.69, 9.17) is 4.98 Å². The number of likely N-dealkylation sites (tertiary alicyclic amines) is 1. The number of imidazole rings is 1. The summed E-state index contributed by atoms with van der Waals surface area (Å²) >= 11 is 1.46.